The van der Waals surface area contributed by atoms with Gasteiger partial charge in [-0.25, -0.2) is 4.98 Å². The van der Waals surface area contributed by atoms with Crippen LogP contribution in [0.2, 0.25) is 0 Å². The maximum atomic E-state index is 11.8. The van der Waals surface area contributed by atoms with Crippen LogP contribution in [0.3, 0.4) is 0 Å². The van der Waals surface area contributed by atoms with Crippen molar-refractivity contribution in [2.24, 2.45) is 0 Å². The molecule has 0 aliphatic carbocycles. The van der Waals surface area contributed by atoms with Gasteiger partial charge in [0.25, 0.3) is 11.6 Å². The Morgan fingerprint density at radius 2 is 2.00 bits per heavy atom. The van der Waals surface area contributed by atoms with Crippen molar-refractivity contribution in [1.82, 2.24) is 10.3 Å². The monoisotopic (exact) mass is 273 g/mol. The molecule has 0 aliphatic rings. The summed E-state index contributed by atoms with van der Waals surface area (Å²) in [5, 5.41) is 22.6. The van der Waals surface area contributed by atoms with Gasteiger partial charge in [-0.05, 0) is 17.7 Å². The highest BCUT2D eigenvalue weighted by atomic mass is 16.6. The molecule has 0 spiro atoms. The largest absolute Gasteiger partial charge is 0.505 e. The van der Waals surface area contributed by atoms with E-state index in [0.29, 0.717) is 5.56 Å². The van der Waals surface area contributed by atoms with E-state index >= 15 is 0 Å². The van der Waals surface area contributed by atoms with Gasteiger partial charge in [-0.15, -0.1) is 0 Å². The van der Waals surface area contributed by atoms with E-state index in [4.69, 9.17) is 0 Å². The van der Waals surface area contributed by atoms with Crippen LogP contribution in [0.4, 0.5) is 5.69 Å². The summed E-state index contributed by atoms with van der Waals surface area (Å²) in [7, 11) is 0. The molecule has 0 saturated carbocycles. The van der Waals surface area contributed by atoms with Crippen molar-refractivity contribution >= 4 is 11.6 Å². The smallest absolute Gasteiger partial charge is 0.273 e. The predicted molar refractivity (Wildman–Crippen MR) is 70.2 cm³/mol. The van der Waals surface area contributed by atoms with Crippen molar-refractivity contribution in [2.45, 2.75) is 6.54 Å². The lowest BCUT2D eigenvalue weighted by Crippen LogP contribution is -2.23. The fourth-order valence-electron chi connectivity index (χ4n) is 1.57. The number of nitro benzene ring substituents is 1. The third kappa shape index (κ3) is 3.08. The third-order valence-corrected chi connectivity index (χ3v) is 2.60. The number of pyridine rings is 1. The first-order chi connectivity index (χ1) is 9.58. The fraction of sp³-hybridized carbons (Fsp3) is 0.0769. The first kappa shape index (κ1) is 13.5. The minimum absolute atomic E-state index is 0.0116. The molecule has 0 bridgehead atoms. The van der Waals surface area contributed by atoms with E-state index < -0.39 is 10.8 Å². The molecule has 1 heterocycles. The number of non-ortho nitro benzene ring substituents is 1. The highest BCUT2D eigenvalue weighted by Crippen LogP contribution is 2.14. The normalized spacial score (nSPS) is 10.0. The van der Waals surface area contributed by atoms with E-state index in [1.54, 1.807) is 12.1 Å². The minimum atomic E-state index is -0.513. The lowest BCUT2D eigenvalue weighted by atomic mass is 10.2. The van der Waals surface area contributed by atoms with Crippen LogP contribution in [0, 0.1) is 10.1 Å². The van der Waals surface area contributed by atoms with Crippen molar-refractivity contribution in [3.05, 3.63) is 64.0 Å². The van der Waals surface area contributed by atoms with E-state index in [2.05, 4.69) is 10.3 Å². The molecule has 7 nitrogen and oxygen atoms in total. The number of hydrogen-bond acceptors (Lipinski definition) is 5. The van der Waals surface area contributed by atoms with Gasteiger partial charge in [0.1, 0.15) is 5.75 Å². The molecule has 2 N–H and O–H groups in total. The Labute approximate surface area is 114 Å². The third-order valence-electron chi connectivity index (χ3n) is 2.60. The zero-order chi connectivity index (χ0) is 14.5. The van der Waals surface area contributed by atoms with Crippen LogP contribution in [-0.4, -0.2) is 20.9 Å². The van der Waals surface area contributed by atoms with Crippen molar-refractivity contribution in [2.75, 3.05) is 0 Å². The van der Waals surface area contributed by atoms with Gasteiger partial charge in [0.2, 0.25) is 0 Å². The molecule has 1 amide bonds. The fourth-order valence-corrected chi connectivity index (χ4v) is 1.57. The first-order valence-corrected chi connectivity index (χ1v) is 5.73. The van der Waals surface area contributed by atoms with Gasteiger partial charge in [0.05, 0.1) is 4.92 Å². The number of nitrogens with zero attached hydrogens (tertiary/aromatic N) is 2. The van der Waals surface area contributed by atoms with Gasteiger partial charge < -0.3 is 10.4 Å². The molecule has 0 unspecified atom stereocenters. The summed E-state index contributed by atoms with van der Waals surface area (Å²) < 4.78 is 0. The van der Waals surface area contributed by atoms with Crippen LogP contribution in [0.5, 0.6) is 5.75 Å². The van der Waals surface area contributed by atoms with Crippen molar-refractivity contribution in [1.29, 1.82) is 0 Å². The summed E-state index contributed by atoms with van der Waals surface area (Å²) in [6, 6.07) is 8.71. The second kappa shape index (κ2) is 5.79. The molecule has 1 aromatic heterocycles. The summed E-state index contributed by atoms with van der Waals surface area (Å²) >= 11 is 0. The number of carbonyl (C=O) groups is 1. The van der Waals surface area contributed by atoms with E-state index in [9.17, 15) is 20.0 Å². The summed E-state index contributed by atoms with van der Waals surface area (Å²) in [6.07, 6.45) is 1.40. The summed E-state index contributed by atoms with van der Waals surface area (Å²) in [5.74, 6) is -0.713. The number of aromatic nitrogens is 1. The molecule has 0 aliphatic heterocycles. The number of amides is 1. The molecular weight excluding hydrogens is 262 g/mol. The second-order valence-corrected chi connectivity index (χ2v) is 3.98. The topological polar surface area (TPSA) is 105 Å². The quantitative estimate of drug-likeness (QED) is 0.650. The van der Waals surface area contributed by atoms with Crippen LogP contribution in [0.1, 0.15) is 16.1 Å². The number of nitrogens with one attached hydrogen (secondary N) is 1. The Balaban J connectivity index is 2.00. The van der Waals surface area contributed by atoms with Gasteiger partial charge in [0, 0.05) is 24.9 Å². The highest BCUT2D eigenvalue weighted by Gasteiger charge is 2.11. The minimum Gasteiger partial charge on any atom is -0.505 e. The number of nitro groups is 1. The van der Waals surface area contributed by atoms with Crippen LogP contribution >= 0.6 is 0 Å². The molecule has 1 aromatic carbocycles. The number of aromatic hydroxyl groups is 1. The second-order valence-electron chi connectivity index (χ2n) is 3.98. The summed E-state index contributed by atoms with van der Waals surface area (Å²) in [6.45, 7) is 0.187. The molecule has 20 heavy (non-hydrogen) atoms. The maximum absolute atomic E-state index is 11.8. The summed E-state index contributed by atoms with van der Waals surface area (Å²) in [5.41, 5.74) is 0.635. The zero-order valence-electron chi connectivity index (χ0n) is 10.3. The Morgan fingerprint density at radius 1 is 1.30 bits per heavy atom. The van der Waals surface area contributed by atoms with E-state index in [0.717, 1.165) is 0 Å². The zero-order valence-corrected chi connectivity index (χ0v) is 10.3. The molecule has 0 radical (unpaired) electrons. The summed E-state index contributed by atoms with van der Waals surface area (Å²) in [4.78, 5) is 25.6. The lowest BCUT2D eigenvalue weighted by Gasteiger charge is -2.05. The average molecular weight is 273 g/mol. The number of hydrogen-bond donors (Lipinski definition) is 2. The molecule has 7 heteroatoms. The maximum Gasteiger partial charge on any atom is 0.273 e. The number of rotatable bonds is 4. The van der Waals surface area contributed by atoms with Crippen molar-refractivity contribution in [3.8, 4) is 5.75 Å². The van der Waals surface area contributed by atoms with Gasteiger partial charge in [-0.2, -0.15) is 0 Å². The van der Waals surface area contributed by atoms with Gasteiger partial charge in [-0.1, -0.05) is 12.1 Å². The van der Waals surface area contributed by atoms with Crippen LogP contribution in [0.25, 0.3) is 0 Å². The lowest BCUT2D eigenvalue weighted by molar-refractivity contribution is -0.384. The molecule has 0 fully saturated rings. The van der Waals surface area contributed by atoms with E-state index in [-0.39, 0.29) is 23.7 Å². The van der Waals surface area contributed by atoms with Gasteiger partial charge in [-0.3, -0.25) is 14.9 Å². The number of carbonyl (C=O) groups excluding carboxylic acids is 1. The molecule has 0 saturated heterocycles. The molecule has 0 atom stereocenters. The Bertz CT molecular complexity index is 640. The first-order valence-electron chi connectivity index (χ1n) is 5.73. The van der Waals surface area contributed by atoms with Gasteiger partial charge in [0.15, 0.2) is 5.69 Å². The van der Waals surface area contributed by atoms with E-state index in [1.807, 2.05) is 0 Å². The molecule has 102 valence electrons. The molecule has 2 aromatic rings. The van der Waals surface area contributed by atoms with Crippen LogP contribution < -0.4 is 5.32 Å². The average Bonchev–Trinajstić information content (AvgIpc) is 2.45. The SMILES string of the molecule is O=C(NCc1ccc([N+](=O)[O-])cc1)c1ncccc1O. The van der Waals surface area contributed by atoms with Crippen LogP contribution in [0.15, 0.2) is 42.6 Å². The predicted octanol–water partition coefficient (Wildman–Crippen LogP) is 1.63. The van der Waals surface area contributed by atoms with Crippen molar-refractivity contribution < 1.29 is 14.8 Å². The van der Waals surface area contributed by atoms with Crippen LogP contribution in [-0.2, 0) is 6.54 Å². The standard InChI is InChI=1S/C13H11N3O4/c17-11-2-1-7-14-12(11)13(18)15-8-9-3-5-10(6-4-9)16(19)20/h1-7,17H,8H2,(H,15,18). The van der Waals surface area contributed by atoms with Crippen molar-refractivity contribution in [3.63, 3.8) is 0 Å². The van der Waals surface area contributed by atoms with Gasteiger partial charge >= 0.3 is 0 Å². The Hall–Kier alpha value is -2.96. The molecule has 2 rings (SSSR count). The molecular formula is C13H11N3O4. The van der Waals surface area contributed by atoms with E-state index in [1.165, 1.54) is 30.5 Å². The number of benzene rings is 1. The highest BCUT2D eigenvalue weighted by molar-refractivity contribution is 5.94. The Morgan fingerprint density at radius 3 is 2.60 bits per heavy atom. The Kier molecular flexibility index (Phi) is 3.90.